The third kappa shape index (κ3) is 6.03. The molecular formula is C32H31FN2O4. The van der Waals surface area contributed by atoms with Gasteiger partial charge in [-0.2, -0.15) is 0 Å². The van der Waals surface area contributed by atoms with Gasteiger partial charge in [0.15, 0.2) is 5.76 Å². The zero-order chi connectivity index (χ0) is 27.2. The Labute approximate surface area is 227 Å². The van der Waals surface area contributed by atoms with Crippen LogP contribution in [0.4, 0.5) is 4.39 Å². The Morgan fingerprint density at radius 3 is 2.36 bits per heavy atom. The Bertz CT molecular complexity index is 1430. The number of fused-ring (bicyclic) bond motifs is 1. The van der Waals surface area contributed by atoms with Crippen LogP contribution in [0.2, 0.25) is 0 Å². The number of halogens is 1. The second kappa shape index (κ2) is 12.0. The van der Waals surface area contributed by atoms with Crippen molar-refractivity contribution in [3.05, 3.63) is 114 Å². The SMILES string of the molecule is CN1CCCCN(C(=O)c2ccc(-c3ccccc3F)o2)[C@H](Cc2ccccc2)COc2ccccc2C1=O. The third-order valence-corrected chi connectivity index (χ3v) is 7.01. The molecule has 1 aliphatic rings. The maximum absolute atomic E-state index is 14.4. The molecule has 2 amide bonds. The van der Waals surface area contributed by atoms with E-state index in [1.165, 1.54) is 6.07 Å². The van der Waals surface area contributed by atoms with Gasteiger partial charge in [-0.1, -0.05) is 54.6 Å². The van der Waals surface area contributed by atoms with E-state index in [2.05, 4.69) is 0 Å². The zero-order valence-electron chi connectivity index (χ0n) is 21.9. The minimum atomic E-state index is -0.412. The molecular weight excluding hydrogens is 495 g/mol. The molecule has 6 nitrogen and oxygen atoms in total. The summed E-state index contributed by atoms with van der Waals surface area (Å²) in [6, 6.07) is 26.4. The van der Waals surface area contributed by atoms with Gasteiger partial charge in [0.2, 0.25) is 0 Å². The molecule has 0 saturated heterocycles. The molecule has 0 fully saturated rings. The number of para-hydroxylation sites is 1. The quantitative estimate of drug-likeness (QED) is 0.323. The molecule has 0 bridgehead atoms. The Hall–Kier alpha value is -4.39. The molecule has 0 N–H and O–H groups in total. The van der Waals surface area contributed by atoms with E-state index in [0.717, 1.165) is 12.0 Å². The number of benzene rings is 3. The standard InChI is InChI=1S/C32H31FN2O4/c1-34-19-9-10-20-35(32(37)30-18-17-29(39-30)25-13-5-7-15-27(25)33)24(21-23-11-3-2-4-12-23)22-38-28-16-8-6-14-26(28)31(34)36/h2-8,11-18,24H,9-10,19-22H2,1H3/t24-/m1/s1. The maximum atomic E-state index is 14.4. The number of rotatable bonds is 4. The largest absolute Gasteiger partial charge is 0.491 e. The van der Waals surface area contributed by atoms with Gasteiger partial charge in [-0.15, -0.1) is 0 Å². The number of hydrogen-bond donors (Lipinski definition) is 0. The second-order valence-electron chi connectivity index (χ2n) is 9.73. The van der Waals surface area contributed by atoms with E-state index in [-0.39, 0.29) is 30.2 Å². The zero-order valence-corrected chi connectivity index (χ0v) is 21.9. The summed E-state index contributed by atoms with van der Waals surface area (Å²) in [6.07, 6.45) is 1.98. The third-order valence-electron chi connectivity index (χ3n) is 7.01. The summed E-state index contributed by atoms with van der Waals surface area (Å²) in [5.74, 6) is 0.152. The van der Waals surface area contributed by atoms with Crippen LogP contribution >= 0.6 is 0 Å². The van der Waals surface area contributed by atoms with E-state index >= 15 is 0 Å². The van der Waals surface area contributed by atoms with Gasteiger partial charge in [-0.05, 0) is 61.2 Å². The van der Waals surface area contributed by atoms with Gasteiger partial charge in [0, 0.05) is 20.1 Å². The first-order valence-corrected chi connectivity index (χ1v) is 13.2. The van der Waals surface area contributed by atoms with Crippen molar-refractivity contribution in [2.24, 2.45) is 0 Å². The molecule has 1 aromatic heterocycles. The lowest BCUT2D eigenvalue weighted by molar-refractivity contribution is 0.0562. The lowest BCUT2D eigenvalue weighted by atomic mass is 10.0. The van der Waals surface area contributed by atoms with Crippen LogP contribution in [0, 0.1) is 5.82 Å². The van der Waals surface area contributed by atoms with E-state index in [9.17, 15) is 14.0 Å². The van der Waals surface area contributed by atoms with Crippen molar-refractivity contribution in [3.8, 4) is 17.1 Å². The van der Waals surface area contributed by atoms with E-state index in [1.54, 1.807) is 59.3 Å². The summed E-state index contributed by atoms with van der Waals surface area (Å²) in [5.41, 5.74) is 1.86. The van der Waals surface area contributed by atoms with Crippen molar-refractivity contribution >= 4 is 11.8 Å². The van der Waals surface area contributed by atoms with Crippen LogP contribution in [0.5, 0.6) is 5.75 Å². The van der Waals surface area contributed by atoms with Crippen LogP contribution in [0.3, 0.4) is 0 Å². The monoisotopic (exact) mass is 526 g/mol. The topological polar surface area (TPSA) is 63.0 Å². The Morgan fingerprint density at radius 1 is 0.872 bits per heavy atom. The molecule has 3 aromatic carbocycles. The summed E-state index contributed by atoms with van der Waals surface area (Å²) in [5, 5.41) is 0. The number of ether oxygens (including phenoxy) is 1. The van der Waals surface area contributed by atoms with Crippen molar-refractivity contribution in [2.45, 2.75) is 25.3 Å². The van der Waals surface area contributed by atoms with Crippen LogP contribution in [0.25, 0.3) is 11.3 Å². The molecule has 0 unspecified atom stereocenters. The van der Waals surface area contributed by atoms with E-state index < -0.39 is 5.82 Å². The number of amides is 2. The first-order valence-electron chi connectivity index (χ1n) is 13.2. The molecule has 5 rings (SSSR count). The summed E-state index contributed by atoms with van der Waals surface area (Å²) < 4.78 is 26.5. The molecule has 39 heavy (non-hydrogen) atoms. The smallest absolute Gasteiger partial charge is 0.289 e. The first-order chi connectivity index (χ1) is 19.0. The average Bonchev–Trinajstić information content (AvgIpc) is 3.45. The fourth-order valence-electron chi connectivity index (χ4n) is 4.89. The first kappa shape index (κ1) is 26.2. The Kier molecular flexibility index (Phi) is 8.06. The van der Waals surface area contributed by atoms with Gasteiger partial charge in [0.05, 0.1) is 17.2 Å². The highest BCUT2D eigenvalue weighted by Gasteiger charge is 2.29. The van der Waals surface area contributed by atoms with Crippen LogP contribution in [0.1, 0.15) is 39.3 Å². The molecule has 0 radical (unpaired) electrons. The molecule has 1 aliphatic heterocycles. The fourth-order valence-corrected chi connectivity index (χ4v) is 4.89. The predicted octanol–water partition coefficient (Wildman–Crippen LogP) is 6.08. The van der Waals surface area contributed by atoms with Crippen molar-refractivity contribution in [1.82, 2.24) is 9.80 Å². The minimum Gasteiger partial charge on any atom is -0.491 e. The van der Waals surface area contributed by atoms with Gasteiger partial charge < -0.3 is 19.0 Å². The average molecular weight is 527 g/mol. The van der Waals surface area contributed by atoms with Crippen LogP contribution in [-0.4, -0.2) is 54.4 Å². The normalized spacial score (nSPS) is 16.6. The summed E-state index contributed by atoms with van der Waals surface area (Å²) in [6.45, 7) is 1.20. The van der Waals surface area contributed by atoms with Crippen LogP contribution < -0.4 is 4.74 Å². The second-order valence-corrected chi connectivity index (χ2v) is 9.73. The fraction of sp³-hybridized carbons (Fsp3) is 0.250. The number of carbonyl (C=O) groups is 2. The van der Waals surface area contributed by atoms with Crippen molar-refractivity contribution < 1.29 is 23.1 Å². The van der Waals surface area contributed by atoms with Crippen LogP contribution in [-0.2, 0) is 6.42 Å². The van der Waals surface area contributed by atoms with Crippen molar-refractivity contribution in [1.29, 1.82) is 0 Å². The Balaban J connectivity index is 1.48. The van der Waals surface area contributed by atoms with E-state index in [1.807, 2.05) is 42.5 Å². The molecule has 0 aliphatic carbocycles. The molecule has 1 atom stereocenters. The molecule has 4 aromatic rings. The number of hydrogen-bond acceptors (Lipinski definition) is 4. The van der Waals surface area contributed by atoms with Gasteiger partial charge in [0.25, 0.3) is 11.8 Å². The highest BCUT2D eigenvalue weighted by Crippen LogP contribution is 2.27. The predicted molar refractivity (Wildman–Crippen MR) is 147 cm³/mol. The maximum Gasteiger partial charge on any atom is 0.289 e. The van der Waals surface area contributed by atoms with Gasteiger partial charge >= 0.3 is 0 Å². The Morgan fingerprint density at radius 2 is 1.56 bits per heavy atom. The molecule has 2 heterocycles. The number of nitrogens with zero attached hydrogens (tertiary/aromatic N) is 2. The van der Waals surface area contributed by atoms with E-state index in [0.29, 0.717) is 48.6 Å². The minimum absolute atomic E-state index is 0.0880. The van der Waals surface area contributed by atoms with Crippen molar-refractivity contribution in [2.75, 3.05) is 26.7 Å². The van der Waals surface area contributed by atoms with Gasteiger partial charge in [-0.25, -0.2) is 4.39 Å². The molecule has 0 spiro atoms. The highest BCUT2D eigenvalue weighted by atomic mass is 19.1. The van der Waals surface area contributed by atoms with Crippen molar-refractivity contribution in [3.63, 3.8) is 0 Å². The van der Waals surface area contributed by atoms with Gasteiger partial charge in [0.1, 0.15) is 23.9 Å². The lowest BCUT2D eigenvalue weighted by Crippen LogP contribution is -2.46. The molecule has 0 saturated carbocycles. The summed E-state index contributed by atoms with van der Waals surface area (Å²) in [7, 11) is 1.78. The summed E-state index contributed by atoms with van der Waals surface area (Å²) in [4.78, 5) is 30.5. The van der Waals surface area contributed by atoms with Crippen LogP contribution in [0.15, 0.2) is 95.4 Å². The lowest BCUT2D eigenvalue weighted by Gasteiger charge is -2.32. The van der Waals surface area contributed by atoms with E-state index in [4.69, 9.17) is 9.15 Å². The highest BCUT2D eigenvalue weighted by molar-refractivity contribution is 5.96. The summed E-state index contributed by atoms with van der Waals surface area (Å²) >= 11 is 0. The number of carbonyl (C=O) groups excluding carboxylic acids is 2. The number of furan rings is 1. The molecule has 7 heteroatoms. The molecule has 200 valence electrons. The van der Waals surface area contributed by atoms with Gasteiger partial charge in [-0.3, -0.25) is 9.59 Å².